The molecule has 1 aliphatic heterocycles. The summed E-state index contributed by atoms with van der Waals surface area (Å²) in [7, 11) is 0. The van der Waals surface area contributed by atoms with Crippen LogP contribution in [0.3, 0.4) is 0 Å². The Morgan fingerprint density at radius 2 is 2.05 bits per heavy atom. The van der Waals surface area contributed by atoms with E-state index in [-0.39, 0.29) is 0 Å². The molecule has 0 aromatic carbocycles. The van der Waals surface area contributed by atoms with Crippen LogP contribution in [0.2, 0.25) is 0 Å². The first-order valence-electron chi connectivity index (χ1n) is 8.72. The molecule has 118 valence electrons. The van der Waals surface area contributed by atoms with Crippen LogP contribution >= 0.6 is 0 Å². The highest BCUT2D eigenvalue weighted by atomic mass is 16.5. The Hall–Kier alpha value is -0.870. The Morgan fingerprint density at radius 3 is 2.76 bits per heavy atom. The van der Waals surface area contributed by atoms with E-state index in [1.54, 1.807) is 0 Å². The zero-order chi connectivity index (χ0) is 14.5. The van der Waals surface area contributed by atoms with Gasteiger partial charge in [-0.15, -0.1) is 0 Å². The van der Waals surface area contributed by atoms with Crippen molar-refractivity contribution >= 4 is 0 Å². The average molecular weight is 291 g/mol. The van der Waals surface area contributed by atoms with Crippen molar-refractivity contribution in [3.8, 4) is 0 Å². The third-order valence-corrected chi connectivity index (χ3v) is 5.09. The molecule has 1 aromatic heterocycles. The number of nitrogens with one attached hydrogen (secondary N) is 1. The lowest BCUT2D eigenvalue weighted by Gasteiger charge is -2.30. The van der Waals surface area contributed by atoms with Crippen molar-refractivity contribution in [2.75, 3.05) is 19.8 Å². The molecule has 1 N–H and O–H groups in total. The van der Waals surface area contributed by atoms with Gasteiger partial charge in [-0.1, -0.05) is 19.8 Å². The van der Waals surface area contributed by atoms with Crippen LogP contribution in [-0.4, -0.2) is 35.6 Å². The Labute approximate surface area is 128 Å². The Kier molecular flexibility index (Phi) is 5.31. The van der Waals surface area contributed by atoms with Crippen molar-refractivity contribution < 1.29 is 4.74 Å². The van der Waals surface area contributed by atoms with Crippen molar-refractivity contribution in [3.63, 3.8) is 0 Å². The number of ether oxygens (including phenoxy) is 1. The highest BCUT2D eigenvalue weighted by molar-refractivity contribution is 5.04. The van der Waals surface area contributed by atoms with E-state index in [9.17, 15) is 0 Å². The van der Waals surface area contributed by atoms with Crippen LogP contribution in [-0.2, 0) is 11.2 Å². The van der Waals surface area contributed by atoms with E-state index in [4.69, 9.17) is 9.84 Å². The van der Waals surface area contributed by atoms with Crippen molar-refractivity contribution in [2.24, 2.45) is 5.92 Å². The summed E-state index contributed by atoms with van der Waals surface area (Å²) in [6, 6.07) is 3.42. The van der Waals surface area contributed by atoms with Gasteiger partial charge < -0.3 is 10.1 Å². The predicted molar refractivity (Wildman–Crippen MR) is 84.4 cm³/mol. The minimum absolute atomic E-state index is 0.547. The lowest BCUT2D eigenvalue weighted by Crippen LogP contribution is -2.40. The molecule has 1 saturated heterocycles. The molecule has 2 fully saturated rings. The number of nitrogens with zero attached hydrogens (tertiary/aromatic N) is 2. The molecule has 0 bridgehead atoms. The van der Waals surface area contributed by atoms with Gasteiger partial charge in [-0.2, -0.15) is 5.10 Å². The molecule has 1 aliphatic carbocycles. The van der Waals surface area contributed by atoms with Gasteiger partial charge >= 0.3 is 0 Å². The molecule has 3 rings (SSSR count). The van der Waals surface area contributed by atoms with Gasteiger partial charge in [0.05, 0.1) is 11.7 Å². The number of rotatable bonds is 6. The minimum Gasteiger partial charge on any atom is -0.381 e. The molecule has 4 nitrogen and oxygen atoms in total. The molecule has 0 spiro atoms. The third-order valence-electron chi connectivity index (χ3n) is 5.09. The van der Waals surface area contributed by atoms with E-state index in [1.165, 1.54) is 44.2 Å². The normalized spacial score (nSPS) is 22.7. The molecule has 1 atom stereocenters. The fourth-order valence-electron chi connectivity index (χ4n) is 3.87. The van der Waals surface area contributed by atoms with E-state index in [2.05, 4.69) is 29.2 Å². The van der Waals surface area contributed by atoms with E-state index in [0.29, 0.717) is 12.1 Å². The summed E-state index contributed by atoms with van der Waals surface area (Å²) in [5.41, 5.74) is 1.25. The minimum atomic E-state index is 0.547. The quantitative estimate of drug-likeness (QED) is 0.876. The number of likely N-dealkylation sites (N-methyl/N-ethyl adjacent to an activating group) is 1. The van der Waals surface area contributed by atoms with Crippen molar-refractivity contribution in [1.29, 1.82) is 0 Å². The Bertz CT molecular complexity index is 419. The summed E-state index contributed by atoms with van der Waals surface area (Å²) in [5, 5.41) is 8.53. The van der Waals surface area contributed by atoms with Crippen molar-refractivity contribution in [3.05, 3.63) is 18.0 Å². The summed E-state index contributed by atoms with van der Waals surface area (Å²) in [6.45, 7) is 5.07. The van der Waals surface area contributed by atoms with Gasteiger partial charge in [0, 0.05) is 31.9 Å². The summed E-state index contributed by atoms with van der Waals surface area (Å²) in [5.74, 6) is 0.732. The largest absolute Gasteiger partial charge is 0.381 e. The van der Waals surface area contributed by atoms with Crippen LogP contribution in [0.15, 0.2) is 12.3 Å². The second-order valence-electron chi connectivity index (χ2n) is 6.54. The van der Waals surface area contributed by atoms with Gasteiger partial charge in [0.25, 0.3) is 0 Å². The van der Waals surface area contributed by atoms with Gasteiger partial charge in [-0.05, 0) is 44.2 Å². The van der Waals surface area contributed by atoms with Crippen LogP contribution in [0.4, 0.5) is 0 Å². The monoisotopic (exact) mass is 291 g/mol. The van der Waals surface area contributed by atoms with Gasteiger partial charge in [-0.25, -0.2) is 0 Å². The topological polar surface area (TPSA) is 39.1 Å². The fraction of sp³-hybridized carbons (Fsp3) is 0.824. The van der Waals surface area contributed by atoms with Crippen LogP contribution in [0.25, 0.3) is 0 Å². The number of hydrogen-bond donors (Lipinski definition) is 1. The molecular formula is C17H29N3O. The van der Waals surface area contributed by atoms with Crippen LogP contribution in [0, 0.1) is 5.92 Å². The third kappa shape index (κ3) is 3.86. The zero-order valence-corrected chi connectivity index (χ0v) is 13.3. The van der Waals surface area contributed by atoms with Crippen molar-refractivity contribution in [2.45, 2.75) is 64.0 Å². The zero-order valence-electron chi connectivity index (χ0n) is 13.3. The molecule has 4 heteroatoms. The predicted octanol–water partition coefficient (Wildman–Crippen LogP) is 2.95. The highest BCUT2D eigenvalue weighted by Crippen LogP contribution is 2.29. The molecule has 1 unspecified atom stereocenters. The van der Waals surface area contributed by atoms with E-state index in [0.717, 1.165) is 32.1 Å². The lowest BCUT2D eigenvalue weighted by molar-refractivity contribution is 0.0538. The summed E-state index contributed by atoms with van der Waals surface area (Å²) in [4.78, 5) is 0. The smallest absolute Gasteiger partial charge is 0.0640 e. The number of aromatic nitrogens is 2. The molecule has 0 amide bonds. The van der Waals surface area contributed by atoms with Gasteiger partial charge in [-0.3, -0.25) is 4.68 Å². The maximum atomic E-state index is 5.50. The molecular weight excluding hydrogens is 262 g/mol. The molecule has 1 saturated carbocycles. The van der Waals surface area contributed by atoms with E-state index < -0.39 is 0 Å². The molecule has 2 aliphatic rings. The first kappa shape index (κ1) is 15.0. The SMILES string of the molecule is CCNC(Cc1ccn(C2CCCC2)n1)C1CCOCC1. The van der Waals surface area contributed by atoms with Gasteiger partial charge in [0.1, 0.15) is 0 Å². The highest BCUT2D eigenvalue weighted by Gasteiger charge is 2.25. The second-order valence-corrected chi connectivity index (χ2v) is 6.54. The van der Waals surface area contributed by atoms with Crippen molar-refractivity contribution in [1.82, 2.24) is 15.1 Å². The summed E-state index contributed by atoms with van der Waals surface area (Å²) < 4.78 is 7.72. The van der Waals surface area contributed by atoms with Crippen LogP contribution in [0.5, 0.6) is 0 Å². The average Bonchev–Trinajstić information content (AvgIpc) is 3.19. The molecule has 0 radical (unpaired) electrons. The summed E-state index contributed by atoms with van der Waals surface area (Å²) in [6.07, 6.45) is 10.9. The second kappa shape index (κ2) is 7.41. The Balaban J connectivity index is 1.61. The first-order chi connectivity index (χ1) is 10.4. The van der Waals surface area contributed by atoms with E-state index in [1.807, 2.05) is 0 Å². The van der Waals surface area contributed by atoms with Crippen LogP contribution in [0.1, 0.15) is 57.2 Å². The molecule has 2 heterocycles. The van der Waals surface area contributed by atoms with Crippen LogP contribution < -0.4 is 5.32 Å². The Morgan fingerprint density at radius 1 is 1.29 bits per heavy atom. The standard InChI is InChI=1S/C17H29N3O/c1-2-18-17(14-8-11-21-12-9-14)13-15-7-10-20(19-15)16-5-3-4-6-16/h7,10,14,16-18H,2-6,8-9,11-13H2,1H3. The maximum Gasteiger partial charge on any atom is 0.0640 e. The fourth-order valence-corrected chi connectivity index (χ4v) is 3.87. The van der Waals surface area contributed by atoms with Gasteiger partial charge in [0.15, 0.2) is 0 Å². The maximum absolute atomic E-state index is 5.50. The molecule has 1 aromatic rings. The first-order valence-corrected chi connectivity index (χ1v) is 8.72. The van der Waals surface area contributed by atoms with Gasteiger partial charge in [0.2, 0.25) is 0 Å². The summed E-state index contributed by atoms with van der Waals surface area (Å²) >= 11 is 0. The lowest BCUT2D eigenvalue weighted by atomic mass is 9.89. The number of hydrogen-bond acceptors (Lipinski definition) is 3. The van der Waals surface area contributed by atoms with E-state index >= 15 is 0 Å². The molecule has 21 heavy (non-hydrogen) atoms.